The number of halogens is 1. The Morgan fingerprint density at radius 2 is 2.05 bits per heavy atom. The highest BCUT2D eigenvalue weighted by Crippen LogP contribution is 2.40. The molecule has 0 spiro atoms. The molecule has 1 saturated carbocycles. The second kappa shape index (κ2) is 5.47. The summed E-state index contributed by atoms with van der Waals surface area (Å²) in [6.45, 7) is 1.95. The van der Waals surface area contributed by atoms with E-state index in [1.165, 1.54) is 0 Å². The third-order valence-electron chi connectivity index (χ3n) is 3.74. The zero-order valence-electron chi connectivity index (χ0n) is 10.8. The third-order valence-corrected chi connectivity index (χ3v) is 4.44. The van der Waals surface area contributed by atoms with Gasteiger partial charge in [-0.3, -0.25) is 4.79 Å². The fourth-order valence-electron chi connectivity index (χ4n) is 2.53. The quantitative estimate of drug-likeness (QED) is 0.840. The normalized spacial score (nSPS) is 17.2. The number of nitrogens with one attached hydrogen (secondary N) is 1. The topological polar surface area (TPSA) is 55.1 Å². The van der Waals surface area contributed by atoms with E-state index < -0.39 is 5.41 Å². The molecule has 2 rings (SSSR count). The summed E-state index contributed by atoms with van der Waals surface area (Å²) in [5.41, 5.74) is 6.74. The van der Waals surface area contributed by atoms with E-state index >= 15 is 0 Å². The van der Waals surface area contributed by atoms with E-state index in [1.807, 2.05) is 19.1 Å². The van der Waals surface area contributed by atoms with Gasteiger partial charge in [0.15, 0.2) is 0 Å². The van der Waals surface area contributed by atoms with Crippen molar-refractivity contribution in [1.29, 1.82) is 0 Å². The summed E-state index contributed by atoms with van der Waals surface area (Å²) < 4.78 is 0. The van der Waals surface area contributed by atoms with Crippen LogP contribution in [0.4, 0.5) is 5.69 Å². The number of nitrogens with two attached hydrogens (primary N) is 1. The van der Waals surface area contributed by atoms with Gasteiger partial charge in [0.1, 0.15) is 0 Å². The number of aryl methyl sites for hydroxylation is 1. The number of amides is 1. The largest absolute Gasteiger partial charge is 0.392 e. The fraction of sp³-hybridized carbons (Fsp3) is 0.429. The highest BCUT2D eigenvalue weighted by atomic mass is 35.5. The summed E-state index contributed by atoms with van der Waals surface area (Å²) in [6, 6.07) is 5.53. The molecule has 3 nitrogen and oxygen atoms in total. The van der Waals surface area contributed by atoms with Crippen LogP contribution in [0.5, 0.6) is 0 Å². The lowest BCUT2D eigenvalue weighted by Gasteiger charge is -2.26. The smallest absolute Gasteiger partial charge is 0.237 e. The monoisotopic (exact) mass is 296 g/mol. The molecular formula is C14H17ClN2OS. The van der Waals surface area contributed by atoms with Crippen LogP contribution in [0.3, 0.4) is 0 Å². The van der Waals surface area contributed by atoms with E-state index in [4.69, 9.17) is 29.6 Å². The predicted octanol–water partition coefficient (Wildman–Crippen LogP) is 3.43. The molecule has 0 aromatic heterocycles. The molecule has 0 heterocycles. The molecule has 0 radical (unpaired) electrons. The molecule has 1 aromatic carbocycles. The third kappa shape index (κ3) is 2.74. The van der Waals surface area contributed by atoms with E-state index in [2.05, 4.69) is 5.32 Å². The lowest BCUT2D eigenvalue weighted by molar-refractivity contribution is -0.122. The maximum Gasteiger partial charge on any atom is 0.237 e. The first kappa shape index (κ1) is 14.3. The van der Waals surface area contributed by atoms with Crippen LogP contribution in [-0.2, 0) is 4.79 Å². The molecule has 1 amide bonds. The van der Waals surface area contributed by atoms with Gasteiger partial charge < -0.3 is 11.1 Å². The minimum Gasteiger partial charge on any atom is -0.392 e. The fourth-order valence-corrected chi connectivity index (χ4v) is 3.11. The predicted molar refractivity (Wildman–Crippen MR) is 82.5 cm³/mol. The van der Waals surface area contributed by atoms with Crippen molar-refractivity contribution in [3.8, 4) is 0 Å². The van der Waals surface area contributed by atoms with Crippen molar-refractivity contribution >= 4 is 40.4 Å². The van der Waals surface area contributed by atoms with Crippen LogP contribution in [0.25, 0.3) is 0 Å². The first-order valence-electron chi connectivity index (χ1n) is 6.33. The molecule has 0 aliphatic heterocycles. The number of anilines is 1. The van der Waals surface area contributed by atoms with Gasteiger partial charge in [-0.15, -0.1) is 0 Å². The summed E-state index contributed by atoms with van der Waals surface area (Å²) >= 11 is 11.2. The zero-order valence-corrected chi connectivity index (χ0v) is 12.4. The number of rotatable bonds is 3. The van der Waals surface area contributed by atoms with Crippen molar-refractivity contribution in [2.75, 3.05) is 5.32 Å². The Hall–Kier alpha value is -1.13. The van der Waals surface area contributed by atoms with Crippen LogP contribution in [0.2, 0.25) is 5.02 Å². The van der Waals surface area contributed by atoms with Crippen LogP contribution in [-0.4, -0.2) is 10.9 Å². The molecule has 1 aliphatic carbocycles. The minimum atomic E-state index is -0.705. The van der Waals surface area contributed by atoms with Gasteiger partial charge in [-0.05, 0) is 37.5 Å². The molecule has 102 valence electrons. The first-order valence-corrected chi connectivity index (χ1v) is 7.12. The SMILES string of the molecule is Cc1ccc(NC(=O)C2(C(N)=S)CCCC2)c(Cl)c1. The molecule has 3 N–H and O–H groups in total. The molecule has 0 saturated heterocycles. The summed E-state index contributed by atoms with van der Waals surface area (Å²) in [4.78, 5) is 12.8. The molecule has 0 atom stereocenters. The number of thiocarbonyl (C=S) groups is 1. The lowest BCUT2D eigenvalue weighted by atomic mass is 9.85. The Labute approximate surface area is 123 Å². The van der Waals surface area contributed by atoms with E-state index in [0.29, 0.717) is 10.7 Å². The van der Waals surface area contributed by atoms with Crippen LogP contribution in [0, 0.1) is 12.3 Å². The van der Waals surface area contributed by atoms with Gasteiger partial charge in [0, 0.05) is 0 Å². The Balaban J connectivity index is 2.22. The second-order valence-electron chi connectivity index (χ2n) is 5.09. The average molecular weight is 297 g/mol. The van der Waals surface area contributed by atoms with Crippen LogP contribution < -0.4 is 11.1 Å². The number of carbonyl (C=O) groups excluding carboxylic acids is 1. The standard InChI is InChI=1S/C14H17ClN2OS/c1-9-4-5-11(10(15)8-9)17-13(18)14(12(16)19)6-2-3-7-14/h4-5,8H,2-3,6-7H2,1H3,(H2,16,19)(H,17,18). The molecule has 1 fully saturated rings. The molecule has 19 heavy (non-hydrogen) atoms. The summed E-state index contributed by atoms with van der Waals surface area (Å²) in [5.74, 6) is -0.136. The molecule has 5 heteroatoms. The molecule has 1 aromatic rings. The van der Waals surface area contributed by atoms with Gasteiger partial charge in [-0.1, -0.05) is 42.7 Å². The van der Waals surface area contributed by atoms with E-state index in [0.717, 1.165) is 31.2 Å². The molecule has 0 bridgehead atoms. The highest BCUT2D eigenvalue weighted by Gasteiger charge is 2.44. The number of benzene rings is 1. The maximum atomic E-state index is 12.5. The zero-order chi connectivity index (χ0) is 14.0. The van der Waals surface area contributed by atoms with Gasteiger partial charge in [0.05, 0.1) is 21.1 Å². The van der Waals surface area contributed by atoms with Crippen molar-refractivity contribution in [3.63, 3.8) is 0 Å². The van der Waals surface area contributed by atoms with Gasteiger partial charge in [-0.2, -0.15) is 0 Å². The Morgan fingerprint density at radius 1 is 1.42 bits per heavy atom. The number of hydrogen-bond acceptors (Lipinski definition) is 2. The van der Waals surface area contributed by atoms with Crippen LogP contribution >= 0.6 is 23.8 Å². The van der Waals surface area contributed by atoms with Crippen LogP contribution in [0.15, 0.2) is 18.2 Å². The van der Waals surface area contributed by atoms with Gasteiger partial charge in [-0.25, -0.2) is 0 Å². The van der Waals surface area contributed by atoms with Crippen molar-refractivity contribution in [3.05, 3.63) is 28.8 Å². The summed E-state index contributed by atoms with van der Waals surface area (Å²) in [7, 11) is 0. The van der Waals surface area contributed by atoms with Crippen molar-refractivity contribution < 1.29 is 4.79 Å². The molecular weight excluding hydrogens is 280 g/mol. The highest BCUT2D eigenvalue weighted by molar-refractivity contribution is 7.80. The van der Waals surface area contributed by atoms with E-state index in [9.17, 15) is 4.79 Å². The first-order chi connectivity index (χ1) is 8.95. The molecule has 0 unspecified atom stereocenters. The Bertz CT molecular complexity index is 524. The average Bonchev–Trinajstić information content (AvgIpc) is 2.83. The maximum absolute atomic E-state index is 12.5. The second-order valence-corrected chi connectivity index (χ2v) is 5.94. The Kier molecular flexibility index (Phi) is 4.11. The van der Waals surface area contributed by atoms with E-state index in [-0.39, 0.29) is 10.9 Å². The number of carbonyl (C=O) groups is 1. The van der Waals surface area contributed by atoms with Crippen molar-refractivity contribution in [2.45, 2.75) is 32.6 Å². The molecule has 1 aliphatic rings. The van der Waals surface area contributed by atoms with Gasteiger partial charge in [0.25, 0.3) is 0 Å². The minimum absolute atomic E-state index is 0.136. The van der Waals surface area contributed by atoms with Crippen LogP contribution in [0.1, 0.15) is 31.2 Å². The lowest BCUT2D eigenvalue weighted by Crippen LogP contribution is -2.44. The summed E-state index contributed by atoms with van der Waals surface area (Å²) in [5, 5.41) is 3.40. The number of hydrogen-bond donors (Lipinski definition) is 2. The van der Waals surface area contributed by atoms with Gasteiger partial charge >= 0.3 is 0 Å². The van der Waals surface area contributed by atoms with E-state index in [1.54, 1.807) is 6.07 Å². The Morgan fingerprint density at radius 3 is 2.58 bits per heavy atom. The van der Waals surface area contributed by atoms with Crippen molar-refractivity contribution in [1.82, 2.24) is 0 Å². The van der Waals surface area contributed by atoms with Crippen molar-refractivity contribution in [2.24, 2.45) is 11.1 Å². The summed E-state index contributed by atoms with van der Waals surface area (Å²) in [6.07, 6.45) is 3.40. The van der Waals surface area contributed by atoms with Gasteiger partial charge in [0.2, 0.25) is 5.91 Å².